The van der Waals surface area contributed by atoms with Gasteiger partial charge in [-0.2, -0.15) is 0 Å². The van der Waals surface area contributed by atoms with E-state index in [0.29, 0.717) is 44.0 Å². The van der Waals surface area contributed by atoms with Crippen LogP contribution in [0, 0.1) is 57.0 Å². The lowest BCUT2D eigenvalue weighted by atomic mass is 9.49. The van der Waals surface area contributed by atoms with Crippen molar-refractivity contribution in [3.8, 4) is 0 Å². The first kappa shape index (κ1) is 71.0. The molecule has 1 amide bonds. The number of rotatable bonds is 14. The number of alkyl carbamates (subject to hydrolysis) is 1. The molecule has 6 aliphatic heterocycles. The van der Waals surface area contributed by atoms with Crippen LogP contribution in [0.25, 0.3) is 0 Å². The van der Waals surface area contributed by atoms with Crippen molar-refractivity contribution in [2.45, 2.75) is 288 Å². The van der Waals surface area contributed by atoms with E-state index in [1.165, 1.54) is 13.8 Å². The summed E-state index contributed by atoms with van der Waals surface area (Å²) in [6.07, 6.45) is -4.93. The number of hydrogen-bond donors (Lipinski definition) is 5. The van der Waals surface area contributed by atoms with Crippen LogP contribution in [-0.4, -0.2) is 197 Å². The Labute approximate surface area is 543 Å². The number of fused-ring (bicyclic) bond motifs is 4. The van der Waals surface area contributed by atoms with Gasteiger partial charge in [0.2, 0.25) is 11.3 Å². The number of nitro groups is 1. The minimum Gasteiger partial charge on any atom is -0.511 e. The number of carbonyl (C=O) groups is 5. The summed E-state index contributed by atoms with van der Waals surface area (Å²) in [5.74, 6) is -7.16. The van der Waals surface area contributed by atoms with Gasteiger partial charge in [-0.05, 0) is 104 Å². The minimum absolute atomic E-state index is 0.0676. The molecule has 10 rings (SSSR count). The molecule has 3 unspecified atom stereocenters. The number of esters is 2. The average Bonchev–Trinajstić information content (AvgIpc) is 1.68. The van der Waals surface area contributed by atoms with Gasteiger partial charge in [-0.1, -0.05) is 50.6 Å². The molecule has 1 spiro atoms. The van der Waals surface area contributed by atoms with Crippen LogP contribution in [0.1, 0.15) is 154 Å². The molecule has 0 aromatic heterocycles. The number of hydrogen-bond acceptors (Lipinski definition) is 24. The number of Topliss-reactive ketones (excluding diaryl/α,β-unsaturated/α-hetero) is 1. The van der Waals surface area contributed by atoms with Crippen molar-refractivity contribution in [2.75, 3.05) is 7.11 Å². The number of methoxy groups -OCH3 is 1. The third-order valence-corrected chi connectivity index (χ3v) is 22.1. The zero-order valence-corrected chi connectivity index (χ0v) is 55.7. The van der Waals surface area contributed by atoms with Gasteiger partial charge in [-0.15, -0.1) is 0 Å². The lowest BCUT2D eigenvalue weighted by Crippen LogP contribution is -2.65. The van der Waals surface area contributed by atoms with Crippen molar-refractivity contribution in [3.63, 3.8) is 0 Å². The Balaban J connectivity index is 0.903. The van der Waals surface area contributed by atoms with Gasteiger partial charge in [0.15, 0.2) is 43.2 Å². The Kier molecular flexibility index (Phi) is 21.6. The van der Waals surface area contributed by atoms with Crippen LogP contribution in [-0.2, 0) is 80.8 Å². The zero-order valence-electron chi connectivity index (χ0n) is 55.7. The lowest BCUT2D eigenvalue weighted by molar-refractivity contribution is -0.584. The molecule has 0 aromatic rings. The van der Waals surface area contributed by atoms with Gasteiger partial charge in [-0.25, -0.2) is 9.59 Å². The third-order valence-electron chi connectivity index (χ3n) is 22.1. The number of aldehydes is 1. The van der Waals surface area contributed by atoms with Crippen molar-refractivity contribution in [3.05, 3.63) is 56.9 Å². The molecule has 30 atom stereocenters. The molecule has 10 aliphatic rings. The normalized spacial score (nSPS) is 47.7. The summed E-state index contributed by atoms with van der Waals surface area (Å²) in [5.41, 5.74) is -4.75. The van der Waals surface area contributed by atoms with E-state index in [1.807, 2.05) is 39.8 Å². The van der Waals surface area contributed by atoms with Gasteiger partial charge >= 0.3 is 18.0 Å². The third kappa shape index (κ3) is 14.1. The first-order chi connectivity index (χ1) is 43.9. The quantitative estimate of drug-likeness (QED) is 0.0237. The van der Waals surface area contributed by atoms with E-state index in [1.54, 1.807) is 33.8 Å². The van der Waals surface area contributed by atoms with Gasteiger partial charge in [-0.3, -0.25) is 19.7 Å². The fraction of sp³-hybridized carbons (Fsp3) is 0.806. The summed E-state index contributed by atoms with van der Waals surface area (Å²) >= 11 is 0. The van der Waals surface area contributed by atoms with Gasteiger partial charge in [0.25, 0.3) is 0 Å². The van der Waals surface area contributed by atoms with Crippen molar-refractivity contribution in [2.24, 2.45) is 46.8 Å². The summed E-state index contributed by atoms with van der Waals surface area (Å²) in [7, 11) is 1.15. The molecule has 4 aliphatic carbocycles. The van der Waals surface area contributed by atoms with E-state index >= 15 is 4.79 Å². The number of ether oxygens (including phenoxy) is 13. The van der Waals surface area contributed by atoms with Crippen LogP contribution in [0.15, 0.2) is 46.8 Å². The number of ketones is 1. The second-order valence-electron chi connectivity index (χ2n) is 28.6. The van der Waals surface area contributed by atoms with Crippen LogP contribution in [0.2, 0.25) is 0 Å². The molecule has 5 N–H and O–H groups in total. The van der Waals surface area contributed by atoms with E-state index in [4.69, 9.17) is 61.6 Å². The monoisotopic (exact) mass is 1310 g/mol. The lowest BCUT2D eigenvalue weighted by Gasteiger charge is -2.56. The number of carbonyl (C=O) groups excluding carboxylic acids is 5. The minimum atomic E-state index is -2.13. The van der Waals surface area contributed by atoms with Crippen molar-refractivity contribution >= 4 is 30.1 Å². The summed E-state index contributed by atoms with van der Waals surface area (Å²) in [6.45, 7) is 21.1. The number of aliphatic hydroxyl groups excluding tert-OH is 4. The highest BCUT2D eigenvalue weighted by molar-refractivity contribution is 6.26. The first-order valence-corrected chi connectivity index (χ1v) is 33.4. The van der Waals surface area contributed by atoms with Crippen molar-refractivity contribution in [1.82, 2.24) is 5.32 Å². The summed E-state index contributed by atoms with van der Waals surface area (Å²) in [5, 5.41) is 62.1. The van der Waals surface area contributed by atoms with Crippen LogP contribution < -0.4 is 5.32 Å². The van der Waals surface area contributed by atoms with E-state index in [0.717, 1.165) is 12.7 Å². The molecule has 26 heteroatoms. The van der Waals surface area contributed by atoms with E-state index < -0.39 is 209 Å². The van der Waals surface area contributed by atoms with Gasteiger partial charge < -0.3 is 92.1 Å². The topological polar surface area (TPSA) is 341 Å². The number of amides is 1. The Hall–Kier alpha value is -4.81. The predicted octanol–water partition coefficient (Wildman–Crippen LogP) is 6.44. The van der Waals surface area contributed by atoms with Gasteiger partial charge in [0, 0.05) is 74.0 Å². The molecule has 26 nitrogen and oxygen atoms in total. The number of aliphatic hydroxyl groups is 4. The molecule has 2 bridgehead atoms. The van der Waals surface area contributed by atoms with Crippen molar-refractivity contribution < 1.29 is 111 Å². The molecular formula is C67H98N2O24. The maximum atomic E-state index is 15.6. The summed E-state index contributed by atoms with van der Waals surface area (Å²) in [6, 6.07) is -1.12. The highest BCUT2D eigenvalue weighted by Crippen LogP contribution is 2.61. The molecule has 0 aromatic carbocycles. The van der Waals surface area contributed by atoms with E-state index in [2.05, 4.69) is 25.2 Å². The number of nitrogens with one attached hydrogen (secondary N) is 1. The number of nitrogens with zero attached hydrogens (tertiary/aromatic N) is 1. The molecule has 2 saturated carbocycles. The smallest absolute Gasteiger partial charge is 0.407 e. The standard InChI is InChI=1S/C67H98N2O24/c1-30-14-18-47(88-54-28-65(11,69(79)80)60(38(9)86-54)68-64(78)81-13)31(2)23-43-45(73)24-40(29-70)27-67(43)62(76)55(63(77)93-67)61(75)66(12)42(30)16-15-41-56(66)32(3)22-33(4)57(41)92-53-26-49(59(37(8)85-53)87-39(10)71)90-50-21-19-48(35(6)83-50)89-52-25-46(74)58(36(7)84-52)91-51-20-17-44(72)34(5)82-51/h14-16,23,29,32-38,40-54,56-60,72-75H,17-22,24-28H2,1-13H3,(H,68,78)/b30-14+,31-23?,61-55?/t32-,33-,34-,35-,36-,37-,38+,40?,41-,42+,43+,44+,45+,46+,47-,48?,49+,50-,51-,52-,53-,54-,56+,57-,58?,59-,60-,65-,66+,67-/m0/s1. The Morgan fingerprint density at radius 3 is 1.99 bits per heavy atom. The van der Waals surface area contributed by atoms with Crippen molar-refractivity contribution in [1.29, 1.82) is 0 Å². The molecule has 0 radical (unpaired) electrons. The van der Waals surface area contributed by atoms with Crippen LogP contribution in [0.5, 0.6) is 0 Å². The molecule has 93 heavy (non-hydrogen) atoms. The fourth-order valence-corrected chi connectivity index (χ4v) is 17.3. The van der Waals surface area contributed by atoms with Crippen LogP contribution in [0.4, 0.5) is 4.79 Å². The maximum absolute atomic E-state index is 15.6. The Morgan fingerprint density at radius 1 is 0.699 bits per heavy atom. The van der Waals surface area contributed by atoms with Gasteiger partial charge in [0.05, 0.1) is 86.6 Å². The van der Waals surface area contributed by atoms with Crippen LogP contribution in [0.3, 0.4) is 0 Å². The molecular weight excluding hydrogens is 1220 g/mol. The SMILES string of the molecule is COC(=O)N[C@H]1[C@@H](C)O[C@@H](O[C@H]2C/C=C(\C)[C@H]3C=C[C@@H]4[C@@H](O[C@H]5C[C@@H](O[C@H]6CCC(O[C@H]7C[C@@H](O)C(O[C@H]8CC[C@@H](O)[C@H](C)O8)[C@H](C)O7)[C@H](C)O6)[C@@H](OC(C)=O)[C@H](C)O5)[C@@H](C)C[C@H](C)[C@H]4[C@]3(C)C(O)=C3C(=O)O[C@]4(CC(C=O)C[C@@H](O)[C@H]4C=C2C)C3=O)C[C@]1(C)[N+](=O)[O-]. The summed E-state index contributed by atoms with van der Waals surface area (Å²) in [4.78, 5) is 80.6. The second-order valence-corrected chi connectivity index (χ2v) is 28.6. The van der Waals surface area contributed by atoms with E-state index in [9.17, 15) is 49.7 Å². The first-order valence-electron chi connectivity index (χ1n) is 33.4. The zero-order chi connectivity index (χ0) is 67.5. The summed E-state index contributed by atoms with van der Waals surface area (Å²) < 4.78 is 81.6. The number of allylic oxidation sites excluding steroid dienone is 3. The molecule has 6 heterocycles. The maximum Gasteiger partial charge on any atom is 0.407 e. The van der Waals surface area contributed by atoms with Gasteiger partial charge in [0.1, 0.15) is 35.9 Å². The molecule has 520 valence electrons. The fourth-order valence-electron chi connectivity index (χ4n) is 17.3. The van der Waals surface area contributed by atoms with Crippen LogP contribution >= 0.6 is 0 Å². The molecule has 6 saturated heterocycles. The molecule has 8 fully saturated rings. The Morgan fingerprint density at radius 2 is 1.33 bits per heavy atom. The highest BCUT2D eigenvalue weighted by atomic mass is 16.8. The highest BCUT2D eigenvalue weighted by Gasteiger charge is 2.66. The average molecular weight is 1320 g/mol. The second kappa shape index (κ2) is 28.3. The van der Waals surface area contributed by atoms with E-state index in [-0.39, 0.29) is 50.4 Å². The largest absolute Gasteiger partial charge is 0.511 e. The predicted molar refractivity (Wildman–Crippen MR) is 325 cm³/mol. The Bertz CT molecular complexity index is 2890.